The van der Waals surface area contributed by atoms with Crippen molar-refractivity contribution < 1.29 is 13.3 Å². The van der Waals surface area contributed by atoms with Crippen LogP contribution in [0.5, 0.6) is 0 Å². The van der Waals surface area contributed by atoms with Gasteiger partial charge in [0.25, 0.3) is 0 Å². The van der Waals surface area contributed by atoms with Gasteiger partial charge in [0, 0.05) is 25.9 Å². The van der Waals surface area contributed by atoms with Gasteiger partial charge < -0.3 is 13.3 Å². The van der Waals surface area contributed by atoms with Crippen molar-refractivity contribution in [1.82, 2.24) is 0 Å². The number of hydrogen-bond donors (Lipinski definition) is 0. The predicted octanol–water partition coefficient (Wildman–Crippen LogP) is 2.61. The molecule has 0 saturated carbocycles. The summed E-state index contributed by atoms with van der Waals surface area (Å²) in [5.41, 5.74) is 0. The number of hydrogen-bond acceptors (Lipinski definition) is 3. The van der Waals surface area contributed by atoms with Crippen LogP contribution in [0.25, 0.3) is 0 Å². The Morgan fingerprint density at radius 3 is 1.71 bits per heavy atom. The van der Waals surface area contributed by atoms with Gasteiger partial charge in [-0.15, -0.1) is 6.58 Å². The van der Waals surface area contributed by atoms with E-state index in [0.717, 1.165) is 12.5 Å². The lowest BCUT2D eigenvalue weighted by Crippen LogP contribution is -2.45. The van der Waals surface area contributed by atoms with Crippen LogP contribution in [0.3, 0.4) is 0 Å². The molecule has 84 valence electrons. The van der Waals surface area contributed by atoms with Gasteiger partial charge in [-0.25, -0.2) is 0 Å². The second kappa shape index (κ2) is 8.17. The SMILES string of the molecule is C=CCC[Si](OCC)(OCC)OCC. The highest BCUT2D eigenvalue weighted by Gasteiger charge is 2.39. The average Bonchev–Trinajstić information content (AvgIpc) is 2.16. The Hall–Kier alpha value is -0.163. The molecule has 0 aromatic heterocycles. The van der Waals surface area contributed by atoms with E-state index in [9.17, 15) is 0 Å². The van der Waals surface area contributed by atoms with Crippen molar-refractivity contribution in [3.05, 3.63) is 12.7 Å². The fourth-order valence-electron chi connectivity index (χ4n) is 1.28. The van der Waals surface area contributed by atoms with Crippen molar-refractivity contribution in [2.45, 2.75) is 33.2 Å². The Morgan fingerprint density at radius 1 is 1.00 bits per heavy atom. The van der Waals surface area contributed by atoms with Gasteiger partial charge in [0.1, 0.15) is 0 Å². The van der Waals surface area contributed by atoms with Crippen molar-refractivity contribution in [2.75, 3.05) is 19.8 Å². The van der Waals surface area contributed by atoms with Gasteiger partial charge >= 0.3 is 8.80 Å². The van der Waals surface area contributed by atoms with Gasteiger partial charge in [0.05, 0.1) is 0 Å². The molecular weight excluding hydrogens is 196 g/mol. The van der Waals surface area contributed by atoms with Gasteiger partial charge in [-0.05, 0) is 27.2 Å². The van der Waals surface area contributed by atoms with Crippen LogP contribution < -0.4 is 0 Å². The van der Waals surface area contributed by atoms with Crippen LogP contribution in [-0.2, 0) is 13.3 Å². The number of allylic oxidation sites excluding steroid dienone is 1. The second-order valence-corrected chi connectivity index (χ2v) is 5.54. The van der Waals surface area contributed by atoms with Crippen LogP contribution in [0.2, 0.25) is 6.04 Å². The maximum absolute atomic E-state index is 5.66. The van der Waals surface area contributed by atoms with Crippen LogP contribution in [0.15, 0.2) is 12.7 Å². The van der Waals surface area contributed by atoms with Gasteiger partial charge in [-0.2, -0.15) is 0 Å². The zero-order valence-electron chi connectivity index (χ0n) is 9.54. The Kier molecular flexibility index (Phi) is 8.08. The lowest BCUT2D eigenvalue weighted by Gasteiger charge is -2.27. The summed E-state index contributed by atoms with van der Waals surface area (Å²) in [6.45, 7) is 11.5. The second-order valence-electron chi connectivity index (χ2n) is 2.81. The molecule has 0 unspecified atom stereocenters. The third-order valence-electron chi connectivity index (χ3n) is 1.75. The first-order chi connectivity index (χ1) is 6.74. The maximum Gasteiger partial charge on any atom is 0.501 e. The van der Waals surface area contributed by atoms with Crippen molar-refractivity contribution in [1.29, 1.82) is 0 Å². The molecule has 0 radical (unpaired) electrons. The Balaban J connectivity index is 4.28. The topological polar surface area (TPSA) is 27.7 Å². The van der Waals surface area contributed by atoms with Crippen molar-refractivity contribution in [2.24, 2.45) is 0 Å². The minimum absolute atomic E-state index is 0.642. The molecule has 0 aliphatic rings. The normalized spacial score (nSPS) is 11.6. The molecule has 4 heteroatoms. The fraction of sp³-hybridized carbons (Fsp3) is 0.800. The Labute approximate surface area is 88.4 Å². The summed E-state index contributed by atoms with van der Waals surface area (Å²) in [5.74, 6) is 0. The van der Waals surface area contributed by atoms with Crippen molar-refractivity contribution in [3.8, 4) is 0 Å². The quantitative estimate of drug-likeness (QED) is 0.440. The minimum atomic E-state index is -2.39. The Bertz CT molecular complexity index is 133. The molecule has 0 atom stereocenters. The average molecular weight is 218 g/mol. The summed E-state index contributed by atoms with van der Waals surface area (Å²) in [6, 6.07) is 0.825. The van der Waals surface area contributed by atoms with Crippen LogP contribution in [-0.4, -0.2) is 28.6 Å². The highest BCUT2D eigenvalue weighted by atomic mass is 28.4. The van der Waals surface area contributed by atoms with E-state index in [-0.39, 0.29) is 0 Å². The molecule has 14 heavy (non-hydrogen) atoms. The van der Waals surface area contributed by atoms with E-state index >= 15 is 0 Å². The summed E-state index contributed by atoms with van der Waals surface area (Å²) in [5, 5.41) is 0. The lowest BCUT2D eigenvalue weighted by molar-refractivity contribution is 0.0716. The van der Waals surface area contributed by atoms with E-state index in [1.54, 1.807) is 0 Å². The molecule has 0 amide bonds. The van der Waals surface area contributed by atoms with Gasteiger partial charge in [-0.1, -0.05) is 6.08 Å². The molecule has 0 spiro atoms. The molecule has 0 N–H and O–H groups in total. The standard InChI is InChI=1S/C10H22O3Si/c1-5-9-10-14(11-6-2,12-7-3)13-8-4/h5H,1,6-10H2,2-4H3. The molecule has 0 heterocycles. The van der Waals surface area contributed by atoms with E-state index in [1.807, 2.05) is 26.8 Å². The summed E-state index contributed by atoms with van der Waals surface area (Å²) in [7, 11) is -2.39. The molecule has 3 nitrogen and oxygen atoms in total. The fourth-order valence-corrected chi connectivity index (χ4v) is 3.84. The lowest BCUT2D eigenvalue weighted by atomic mass is 10.5. The number of rotatable bonds is 9. The molecule has 0 saturated heterocycles. The zero-order valence-corrected chi connectivity index (χ0v) is 10.5. The molecule has 0 aliphatic carbocycles. The van der Waals surface area contributed by atoms with Gasteiger partial charge in [0.2, 0.25) is 0 Å². The first-order valence-corrected chi connectivity index (χ1v) is 7.20. The van der Waals surface area contributed by atoms with Crippen LogP contribution >= 0.6 is 0 Å². The molecule has 0 rings (SSSR count). The molecule has 0 bridgehead atoms. The Morgan fingerprint density at radius 2 is 1.43 bits per heavy atom. The third-order valence-corrected chi connectivity index (χ3v) is 4.83. The monoisotopic (exact) mass is 218 g/mol. The first-order valence-electron chi connectivity index (χ1n) is 5.27. The van der Waals surface area contributed by atoms with E-state index < -0.39 is 8.80 Å². The summed E-state index contributed by atoms with van der Waals surface area (Å²) < 4.78 is 17.0. The van der Waals surface area contributed by atoms with Crippen molar-refractivity contribution in [3.63, 3.8) is 0 Å². The summed E-state index contributed by atoms with van der Waals surface area (Å²) in [4.78, 5) is 0. The van der Waals surface area contributed by atoms with Crippen LogP contribution in [0.4, 0.5) is 0 Å². The van der Waals surface area contributed by atoms with Crippen molar-refractivity contribution >= 4 is 8.80 Å². The summed E-state index contributed by atoms with van der Waals surface area (Å²) in [6.07, 6.45) is 2.75. The molecular formula is C10H22O3Si. The van der Waals surface area contributed by atoms with Crippen LogP contribution in [0, 0.1) is 0 Å². The van der Waals surface area contributed by atoms with Gasteiger partial charge in [0.15, 0.2) is 0 Å². The van der Waals surface area contributed by atoms with E-state index in [4.69, 9.17) is 13.3 Å². The molecule has 0 aromatic rings. The third kappa shape index (κ3) is 4.90. The van der Waals surface area contributed by atoms with E-state index in [1.165, 1.54) is 0 Å². The van der Waals surface area contributed by atoms with E-state index in [0.29, 0.717) is 19.8 Å². The smallest absolute Gasteiger partial charge is 0.374 e. The van der Waals surface area contributed by atoms with Crippen LogP contribution in [0.1, 0.15) is 27.2 Å². The maximum atomic E-state index is 5.66. The molecule has 0 aliphatic heterocycles. The highest BCUT2D eigenvalue weighted by molar-refractivity contribution is 6.60. The zero-order chi connectivity index (χ0) is 10.9. The summed E-state index contributed by atoms with van der Waals surface area (Å²) >= 11 is 0. The van der Waals surface area contributed by atoms with Gasteiger partial charge in [-0.3, -0.25) is 0 Å². The first kappa shape index (κ1) is 13.8. The molecule has 0 aromatic carbocycles. The minimum Gasteiger partial charge on any atom is -0.374 e. The molecule has 0 fully saturated rings. The van der Waals surface area contributed by atoms with E-state index in [2.05, 4.69) is 6.58 Å². The highest BCUT2D eigenvalue weighted by Crippen LogP contribution is 2.18. The largest absolute Gasteiger partial charge is 0.501 e. The predicted molar refractivity (Wildman–Crippen MR) is 60.3 cm³/mol.